The normalized spacial score (nSPS) is 12.2. The molecule has 0 fully saturated rings. The van der Waals surface area contributed by atoms with Crippen molar-refractivity contribution in [2.45, 2.75) is 6.18 Å². The number of pyridine rings is 1. The van der Waals surface area contributed by atoms with Gasteiger partial charge in [-0.05, 0) is 28.1 Å². The van der Waals surface area contributed by atoms with Crippen molar-refractivity contribution in [3.63, 3.8) is 0 Å². The third-order valence-electron chi connectivity index (χ3n) is 2.79. The zero-order chi connectivity index (χ0) is 19.5. The molecule has 1 aromatic heterocycles. The van der Waals surface area contributed by atoms with Gasteiger partial charge in [-0.2, -0.15) is 17.6 Å². The molecule has 0 saturated carbocycles. The summed E-state index contributed by atoms with van der Waals surface area (Å²) in [5.41, 5.74) is -1.03. The van der Waals surface area contributed by atoms with E-state index in [1.807, 2.05) is 0 Å². The highest BCUT2D eigenvalue weighted by molar-refractivity contribution is 9.11. The Bertz CT molecular complexity index is 819. The molecule has 3 nitrogen and oxygen atoms in total. The van der Waals surface area contributed by atoms with E-state index in [0.717, 1.165) is 6.08 Å². The van der Waals surface area contributed by atoms with Gasteiger partial charge in [0.2, 0.25) is 5.88 Å². The van der Waals surface area contributed by atoms with Gasteiger partial charge in [-0.25, -0.2) is 4.98 Å². The number of alkyl halides is 3. The number of ether oxygens (including phenoxy) is 2. The highest BCUT2D eigenvalue weighted by Gasteiger charge is 2.32. The highest BCUT2D eigenvalue weighted by Crippen LogP contribution is 2.41. The smallest absolute Gasteiger partial charge is 0.417 e. The minimum Gasteiger partial charge on any atom is -0.489 e. The molecule has 0 spiro atoms. The molecule has 0 saturated heterocycles. The number of nitrogens with zero attached hydrogens (tertiary/aromatic N) is 1. The topological polar surface area (TPSA) is 31.4 Å². The first-order valence-corrected chi connectivity index (χ1v) is 8.54. The van der Waals surface area contributed by atoms with Gasteiger partial charge in [-0.15, -0.1) is 0 Å². The zero-order valence-corrected chi connectivity index (χ0v) is 16.2. The first-order chi connectivity index (χ1) is 12.1. The maximum absolute atomic E-state index is 12.6. The van der Waals surface area contributed by atoms with Crippen LogP contribution in [-0.4, -0.2) is 11.6 Å². The molecule has 0 unspecified atom stereocenters. The summed E-state index contributed by atoms with van der Waals surface area (Å²) in [5.74, 6) is -0.151. The Hall–Kier alpha value is -1.22. The first-order valence-electron chi connectivity index (χ1n) is 6.61. The summed E-state index contributed by atoms with van der Waals surface area (Å²) >= 11 is 20.5. The van der Waals surface area contributed by atoms with E-state index >= 15 is 0 Å². The maximum atomic E-state index is 12.6. The van der Waals surface area contributed by atoms with E-state index in [1.165, 1.54) is 12.1 Å². The van der Waals surface area contributed by atoms with Crippen LogP contribution in [0, 0.1) is 0 Å². The molecule has 1 heterocycles. The van der Waals surface area contributed by atoms with Crippen molar-refractivity contribution in [3.05, 3.63) is 55.8 Å². The summed E-state index contributed by atoms with van der Waals surface area (Å²) in [4.78, 5) is 3.54. The average Bonchev–Trinajstić information content (AvgIpc) is 2.50. The van der Waals surface area contributed by atoms with E-state index < -0.39 is 16.5 Å². The molecule has 0 bridgehead atoms. The molecule has 26 heavy (non-hydrogen) atoms. The van der Waals surface area contributed by atoms with Gasteiger partial charge in [-0.1, -0.05) is 34.8 Å². The molecule has 0 atom stereocenters. The van der Waals surface area contributed by atoms with Crippen molar-refractivity contribution < 1.29 is 27.0 Å². The number of hydrogen-bond acceptors (Lipinski definition) is 3. The van der Waals surface area contributed by atoms with Gasteiger partial charge >= 0.3 is 6.18 Å². The Kier molecular flexibility index (Phi) is 7.01. The lowest BCUT2D eigenvalue weighted by atomic mass is 10.3. The molecule has 1 aromatic carbocycles. The minimum atomic E-state index is -4.59. The van der Waals surface area contributed by atoms with Gasteiger partial charge in [0.25, 0.3) is 0 Å². The molecule has 0 aliphatic rings. The summed E-state index contributed by atoms with van der Waals surface area (Å²) in [6.45, 7) is -0.0871. The molecule has 0 radical (unpaired) electrons. The zero-order valence-electron chi connectivity index (χ0n) is 12.4. The summed E-state index contributed by atoms with van der Waals surface area (Å²) in [5, 5.41) is -0.382. The van der Waals surface area contributed by atoms with Crippen molar-refractivity contribution in [2.24, 2.45) is 0 Å². The van der Waals surface area contributed by atoms with Crippen LogP contribution >= 0.6 is 50.7 Å². The fourth-order valence-corrected chi connectivity index (χ4v) is 2.55. The molecule has 0 amide bonds. The number of rotatable bonds is 5. The monoisotopic (exact) mass is 493 g/mol. The van der Waals surface area contributed by atoms with Crippen LogP contribution in [-0.2, 0) is 6.18 Å². The maximum Gasteiger partial charge on any atom is 0.417 e. The van der Waals surface area contributed by atoms with Gasteiger partial charge in [0.1, 0.15) is 17.4 Å². The van der Waals surface area contributed by atoms with Crippen LogP contribution in [0.4, 0.5) is 17.6 Å². The van der Waals surface area contributed by atoms with Crippen molar-refractivity contribution >= 4 is 50.7 Å². The van der Waals surface area contributed by atoms with Crippen LogP contribution in [0.15, 0.2) is 35.2 Å². The van der Waals surface area contributed by atoms with E-state index in [0.29, 0.717) is 12.3 Å². The average molecular weight is 495 g/mol. The molecule has 140 valence electrons. The predicted molar refractivity (Wildman–Crippen MR) is 94.4 cm³/mol. The molecule has 0 aliphatic heterocycles. The lowest BCUT2D eigenvalue weighted by Gasteiger charge is -2.13. The van der Waals surface area contributed by atoms with E-state index in [-0.39, 0.29) is 39.1 Å². The lowest BCUT2D eigenvalue weighted by Crippen LogP contribution is -2.06. The Morgan fingerprint density at radius 3 is 2.23 bits per heavy atom. The minimum absolute atomic E-state index is 0.00596. The van der Waals surface area contributed by atoms with Crippen molar-refractivity contribution in [3.8, 4) is 17.4 Å². The van der Waals surface area contributed by atoms with Gasteiger partial charge in [-0.3, -0.25) is 0 Å². The van der Waals surface area contributed by atoms with Gasteiger partial charge in [0, 0.05) is 18.3 Å². The molecule has 2 aromatic rings. The quantitative estimate of drug-likeness (QED) is 0.404. The first kappa shape index (κ1) is 21.1. The summed E-state index contributed by atoms with van der Waals surface area (Å²) < 4.78 is 60.4. The SMILES string of the molecule is F/C(Br)=C/COc1cc(Cl)c(Oc2ncc(C(F)(F)F)cc2Cl)c(Cl)c1. The van der Waals surface area contributed by atoms with Crippen molar-refractivity contribution in [1.82, 2.24) is 4.98 Å². The molecule has 0 aliphatic carbocycles. The van der Waals surface area contributed by atoms with Crippen LogP contribution in [0.3, 0.4) is 0 Å². The van der Waals surface area contributed by atoms with E-state index in [1.54, 1.807) is 0 Å². The number of halogens is 8. The van der Waals surface area contributed by atoms with E-state index in [4.69, 9.17) is 44.3 Å². The van der Waals surface area contributed by atoms with Crippen LogP contribution in [0.5, 0.6) is 17.4 Å². The van der Waals surface area contributed by atoms with E-state index in [2.05, 4.69) is 20.9 Å². The van der Waals surface area contributed by atoms with Crippen LogP contribution in [0.2, 0.25) is 15.1 Å². The van der Waals surface area contributed by atoms with Crippen LogP contribution in [0.25, 0.3) is 0 Å². The molecular formula is C15H7BrCl3F4NO2. The third kappa shape index (κ3) is 5.64. The van der Waals surface area contributed by atoms with Crippen LogP contribution in [0.1, 0.15) is 5.56 Å². The standard InChI is InChI=1S/C15H7BrCl3F4NO2/c16-12(20)1-2-25-8-4-9(17)13(10(18)5-8)26-14-11(19)3-7(6-24-14)15(21,22)23/h1,3-6H,2H2/b12-1+. The van der Waals surface area contributed by atoms with Gasteiger partial charge in [0.15, 0.2) is 10.5 Å². The summed E-state index contributed by atoms with van der Waals surface area (Å²) in [6.07, 6.45) is -2.90. The largest absolute Gasteiger partial charge is 0.489 e. The van der Waals surface area contributed by atoms with Gasteiger partial charge < -0.3 is 9.47 Å². The number of aromatic nitrogens is 1. The lowest BCUT2D eigenvalue weighted by molar-refractivity contribution is -0.137. The Labute approximate surface area is 168 Å². The Morgan fingerprint density at radius 2 is 1.73 bits per heavy atom. The van der Waals surface area contributed by atoms with Gasteiger partial charge in [0.05, 0.1) is 15.6 Å². The van der Waals surface area contributed by atoms with Crippen LogP contribution < -0.4 is 9.47 Å². The molecule has 0 N–H and O–H groups in total. The second kappa shape index (κ2) is 8.65. The molecule has 2 rings (SSSR count). The summed E-state index contributed by atoms with van der Waals surface area (Å²) in [7, 11) is 0. The second-order valence-electron chi connectivity index (χ2n) is 4.63. The molecule has 11 heteroatoms. The third-order valence-corrected chi connectivity index (χ3v) is 3.95. The summed E-state index contributed by atoms with van der Waals surface area (Å²) in [6, 6.07) is 3.34. The predicted octanol–water partition coefficient (Wildman–Crippen LogP) is 7.44. The number of hydrogen-bond donors (Lipinski definition) is 0. The van der Waals surface area contributed by atoms with Crippen molar-refractivity contribution in [1.29, 1.82) is 0 Å². The second-order valence-corrected chi connectivity index (χ2v) is 6.61. The highest BCUT2D eigenvalue weighted by atomic mass is 79.9. The number of benzene rings is 1. The van der Waals surface area contributed by atoms with Crippen molar-refractivity contribution in [2.75, 3.05) is 6.61 Å². The molecular weight excluding hydrogens is 488 g/mol. The fraction of sp³-hybridized carbons (Fsp3) is 0.133. The Balaban J connectivity index is 2.23. The van der Waals surface area contributed by atoms with E-state index in [9.17, 15) is 17.6 Å². The Morgan fingerprint density at radius 1 is 1.12 bits per heavy atom. The fourth-order valence-electron chi connectivity index (χ4n) is 1.67.